The predicted molar refractivity (Wildman–Crippen MR) is 88.3 cm³/mol. The number of aliphatic carboxylic acids is 1. The van der Waals surface area contributed by atoms with Crippen molar-refractivity contribution in [1.82, 2.24) is 4.90 Å². The van der Waals surface area contributed by atoms with Crippen molar-refractivity contribution in [1.29, 1.82) is 0 Å². The van der Waals surface area contributed by atoms with E-state index in [2.05, 4.69) is 52.0 Å². The third-order valence-corrected chi connectivity index (χ3v) is 5.45. The monoisotopic (exact) mass is 353 g/mol. The molecule has 1 aromatic carbocycles. The second kappa shape index (κ2) is 6.49. The van der Waals surface area contributed by atoms with Crippen molar-refractivity contribution in [2.75, 3.05) is 13.1 Å². The molecule has 1 fully saturated rings. The van der Waals surface area contributed by atoms with E-state index in [4.69, 9.17) is 0 Å². The first-order valence-corrected chi connectivity index (χ1v) is 8.34. The molecule has 2 unspecified atom stereocenters. The van der Waals surface area contributed by atoms with Gasteiger partial charge in [0.25, 0.3) is 0 Å². The smallest absolute Gasteiger partial charge is 0.309 e. The number of carboxylic acids is 1. The van der Waals surface area contributed by atoms with E-state index in [1.165, 1.54) is 5.56 Å². The zero-order valence-electron chi connectivity index (χ0n) is 13.0. The first-order valence-electron chi connectivity index (χ1n) is 7.55. The molecule has 0 bridgehead atoms. The lowest BCUT2D eigenvalue weighted by Gasteiger charge is -2.42. The average molecular weight is 354 g/mol. The highest BCUT2D eigenvalue weighted by Crippen LogP contribution is 2.36. The van der Waals surface area contributed by atoms with Crippen molar-refractivity contribution in [3.05, 3.63) is 34.3 Å². The Kier molecular flexibility index (Phi) is 5.10. The molecule has 0 aromatic heterocycles. The van der Waals surface area contributed by atoms with Gasteiger partial charge in [-0.1, -0.05) is 28.1 Å². The highest BCUT2D eigenvalue weighted by Gasteiger charge is 2.39. The molecule has 2 rings (SSSR count). The molecule has 1 saturated heterocycles. The molecular formula is C17H24BrNO2. The molecule has 2 atom stereocenters. The molecule has 0 radical (unpaired) electrons. The summed E-state index contributed by atoms with van der Waals surface area (Å²) in [6, 6.07) is 8.73. The number of hydrogen-bond acceptors (Lipinski definition) is 2. The van der Waals surface area contributed by atoms with E-state index in [0.29, 0.717) is 6.04 Å². The molecule has 21 heavy (non-hydrogen) atoms. The topological polar surface area (TPSA) is 40.5 Å². The number of piperidine rings is 1. The van der Waals surface area contributed by atoms with Gasteiger partial charge in [-0.2, -0.15) is 0 Å². The minimum absolute atomic E-state index is 0.210. The normalized spacial score (nSPS) is 22.0. The molecule has 116 valence electrons. The molecule has 1 heterocycles. The van der Waals surface area contributed by atoms with Gasteiger partial charge in [-0.3, -0.25) is 9.69 Å². The molecule has 1 N–H and O–H groups in total. The summed E-state index contributed by atoms with van der Waals surface area (Å²) < 4.78 is 1.09. The Morgan fingerprint density at radius 2 is 2.00 bits per heavy atom. The SMILES string of the molecule is CC(c1ccc(Br)cc1)N1CCCC(C(C)(C)C(=O)O)C1. The number of carboxylic acid groups (broad SMARTS) is 1. The maximum absolute atomic E-state index is 11.5. The fraction of sp³-hybridized carbons (Fsp3) is 0.588. The first kappa shape index (κ1) is 16.5. The van der Waals surface area contributed by atoms with E-state index in [1.807, 2.05) is 13.8 Å². The summed E-state index contributed by atoms with van der Waals surface area (Å²) in [7, 11) is 0. The van der Waals surface area contributed by atoms with Crippen molar-refractivity contribution in [3.8, 4) is 0 Å². The number of nitrogens with zero attached hydrogens (tertiary/aromatic N) is 1. The maximum Gasteiger partial charge on any atom is 0.309 e. The van der Waals surface area contributed by atoms with E-state index >= 15 is 0 Å². The van der Waals surface area contributed by atoms with Gasteiger partial charge in [-0.15, -0.1) is 0 Å². The van der Waals surface area contributed by atoms with Gasteiger partial charge in [0.05, 0.1) is 5.41 Å². The van der Waals surface area contributed by atoms with Crippen LogP contribution in [0.15, 0.2) is 28.7 Å². The third kappa shape index (κ3) is 3.67. The van der Waals surface area contributed by atoms with Gasteiger partial charge >= 0.3 is 5.97 Å². The molecule has 0 spiro atoms. The minimum atomic E-state index is -0.689. The number of hydrogen-bond donors (Lipinski definition) is 1. The lowest BCUT2D eigenvalue weighted by atomic mass is 9.74. The van der Waals surface area contributed by atoms with E-state index in [-0.39, 0.29) is 5.92 Å². The van der Waals surface area contributed by atoms with E-state index < -0.39 is 11.4 Å². The van der Waals surface area contributed by atoms with Crippen LogP contribution in [0, 0.1) is 11.3 Å². The Balaban J connectivity index is 2.10. The largest absolute Gasteiger partial charge is 0.481 e. The van der Waals surface area contributed by atoms with E-state index in [9.17, 15) is 9.90 Å². The van der Waals surface area contributed by atoms with Crippen LogP contribution in [-0.4, -0.2) is 29.1 Å². The van der Waals surface area contributed by atoms with Crippen LogP contribution in [0.1, 0.15) is 45.2 Å². The van der Waals surface area contributed by atoms with Crippen molar-refractivity contribution < 1.29 is 9.90 Å². The standard InChI is InChI=1S/C17H24BrNO2/c1-12(13-6-8-15(18)9-7-13)19-10-4-5-14(11-19)17(2,3)16(20)21/h6-9,12,14H,4-5,10-11H2,1-3H3,(H,20,21). The predicted octanol–water partition coefficient (Wildman–Crippen LogP) is 4.33. The molecule has 3 nitrogen and oxygen atoms in total. The first-order chi connectivity index (χ1) is 9.82. The summed E-state index contributed by atoms with van der Waals surface area (Å²) in [5, 5.41) is 9.44. The lowest BCUT2D eigenvalue weighted by molar-refractivity contribution is -0.151. The molecule has 1 aliphatic heterocycles. The quantitative estimate of drug-likeness (QED) is 0.875. The van der Waals surface area contributed by atoms with Crippen molar-refractivity contribution in [2.24, 2.45) is 11.3 Å². The fourth-order valence-electron chi connectivity index (χ4n) is 3.07. The van der Waals surface area contributed by atoms with Crippen molar-refractivity contribution in [3.63, 3.8) is 0 Å². The summed E-state index contributed by atoms with van der Waals surface area (Å²) in [6.07, 6.45) is 2.07. The van der Waals surface area contributed by atoms with Gasteiger partial charge in [0.2, 0.25) is 0 Å². The molecule has 0 aliphatic carbocycles. The molecule has 0 amide bonds. The summed E-state index contributed by atoms with van der Waals surface area (Å²) in [6.45, 7) is 7.82. The summed E-state index contributed by atoms with van der Waals surface area (Å²) >= 11 is 3.46. The molecule has 1 aromatic rings. The summed E-state index contributed by atoms with van der Waals surface area (Å²) in [5.41, 5.74) is 0.630. The van der Waals surface area contributed by atoms with Gasteiger partial charge in [0.1, 0.15) is 0 Å². The van der Waals surface area contributed by atoms with Crippen LogP contribution in [0.4, 0.5) is 0 Å². The fourth-order valence-corrected chi connectivity index (χ4v) is 3.34. The zero-order chi connectivity index (χ0) is 15.6. The van der Waals surface area contributed by atoms with Crippen LogP contribution in [-0.2, 0) is 4.79 Å². The number of rotatable bonds is 4. The van der Waals surface area contributed by atoms with Crippen LogP contribution in [0.25, 0.3) is 0 Å². The number of benzene rings is 1. The highest BCUT2D eigenvalue weighted by atomic mass is 79.9. The van der Waals surface area contributed by atoms with Gasteiger partial charge in [-0.25, -0.2) is 0 Å². The number of carbonyl (C=O) groups is 1. The highest BCUT2D eigenvalue weighted by molar-refractivity contribution is 9.10. The van der Waals surface area contributed by atoms with Gasteiger partial charge < -0.3 is 5.11 Å². The molecule has 1 aliphatic rings. The van der Waals surface area contributed by atoms with E-state index in [0.717, 1.165) is 30.4 Å². The van der Waals surface area contributed by atoms with Crippen molar-refractivity contribution >= 4 is 21.9 Å². The van der Waals surface area contributed by atoms with E-state index in [1.54, 1.807) is 0 Å². The van der Waals surface area contributed by atoms with Gasteiger partial charge in [-0.05, 0) is 63.8 Å². The summed E-state index contributed by atoms with van der Waals surface area (Å²) in [5.74, 6) is -0.479. The molecule has 4 heteroatoms. The number of likely N-dealkylation sites (tertiary alicyclic amines) is 1. The van der Waals surface area contributed by atoms with Crippen LogP contribution in [0.2, 0.25) is 0 Å². The van der Waals surface area contributed by atoms with Crippen LogP contribution < -0.4 is 0 Å². The second-order valence-electron chi connectivity index (χ2n) is 6.59. The Morgan fingerprint density at radius 3 is 2.57 bits per heavy atom. The molecular weight excluding hydrogens is 330 g/mol. The Bertz CT molecular complexity index is 498. The van der Waals surface area contributed by atoms with Gasteiger partial charge in [0, 0.05) is 17.1 Å². The Morgan fingerprint density at radius 1 is 1.38 bits per heavy atom. The second-order valence-corrected chi connectivity index (χ2v) is 7.50. The van der Waals surface area contributed by atoms with Crippen LogP contribution in [0.3, 0.4) is 0 Å². The van der Waals surface area contributed by atoms with Gasteiger partial charge in [0.15, 0.2) is 0 Å². The van der Waals surface area contributed by atoms with Crippen LogP contribution in [0.5, 0.6) is 0 Å². The Hall–Kier alpha value is -0.870. The average Bonchev–Trinajstić information content (AvgIpc) is 2.47. The zero-order valence-corrected chi connectivity index (χ0v) is 14.6. The van der Waals surface area contributed by atoms with Crippen molar-refractivity contribution in [2.45, 2.75) is 39.7 Å². The maximum atomic E-state index is 11.5. The third-order valence-electron chi connectivity index (χ3n) is 4.92. The van der Waals surface area contributed by atoms with Crippen LogP contribution >= 0.6 is 15.9 Å². The minimum Gasteiger partial charge on any atom is -0.481 e. The lowest BCUT2D eigenvalue weighted by Crippen LogP contribution is -2.45. The Labute approximate surface area is 135 Å². The molecule has 0 saturated carbocycles. The summed E-state index contributed by atoms with van der Waals surface area (Å²) in [4.78, 5) is 13.9. The number of halogens is 1.